The summed E-state index contributed by atoms with van der Waals surface area (Å²) in [5.74, 6) is 0. The van der Waals surface area contributed by atoms with Crippen LogP contribution < -0.4 is 5.56 Å². The van der Waals surface area contributed by atoms with E-state index in [9.17, 15) is 9.90 Å². The highest BCUT2D eigenvalue weighted by atomic mass is 35.5. The summed E-state index contributed by atoms with van der Waals surface area (Å²) in [5, 5.41) is 11.8. The molecule has 30 heavy (non-hydrogen) atoms. The Bertz CT molecular complexity index is 1140. The molecule has 1 fully saturated rings. The number of aryl methyl sites for hydroxylation is 1. The quantitative estimate of drug-likeness (QED) is 0.501. The van der Waals surface area contributed by atoms with Crippen LogP contribution in [0.5, 0.6) is 0 Å². The largest absolute Gasteiger partial charge is 0.391 e. The van der Waals surface area contributed by atoms with Crippen LogP contribution in [-0.4, -0.2) is 25.7 Å². The zero-order chi connectivity index (χ0) is 20.7. The van der Waals surface area contributed by atoms with Gasteiger partial charge in [-0.1, -0.05) is 36.9 Å². The van der Waals surface area contributed by atoms with E-state index in [2.05, 4.69) is 4.98 Å². The lowest BCUT2D eigenvalue weighted by Gasteiger charge is -2.23. The molecule has 2 atom stereocenters. The molecule has 5 rings (SSSR count). The Labute approximate surface area is 180 Å². The maximum absolute atomic E-state index is 13.5. The maximum atomic E-state index is 13.5. The number of aliphatic hydroxyl groups excluding tert-OH is 1. The summed E-state index contributed by atoms with van der Waals surface area (Å²) in [6.45, 7) is 0. The first-order valence-corrected chi connectivity index (χ1v) is 11.3. The van der Waals surface area contributed by atoms with Crippen LogP contribution in [0.15, 0.2) is 35.5 Å². The molecule has 0 spiro atoms. The van der Waals surface area contributed by atoms with Crippen LogP contribution in [0.4, 0.5) is 0 Å². The number of fused-ring (bicyclic) bond motifs is 3. The van der Waals surface area contributed by atoms with Crippen LogP contribution in [0.2, 0.25) is 5.15 Å². The van der Waals surface area contributed by atoms with E-state index in [-0.39, 0.29) is 11.6 Å². The molecule has 1 N–H and O–H groups in total. The van der Waals surface area contributed by atoms with Gasteiger partial charge in [-0.3, -0.25) is 9.36 Å². The molecule has 0 amide bonds. The number of pyridine rings is 1. The van der Waals surface area contributed by atoms with Gasteiger partial charge in [-0.05, 0) is 72.9 Å². The molecule has 5 nitrogen and oxygen atoms in total. The van der Waals surface area contributed by atoms with Crippen molar-refractivity contribution >= 4 is 22.5 Å². The first-order valence-electron chi connectivity index (χ1n) is 10.9. The normalized spacial score (nSPS) is 21.5. The first kappa shape index (κ1) is 19.7. The minimum absolute atomic E-state index is 0.0314. The predicted molar refractivity (Wildman–Crippen MR) is 118 cm³/mol. The molecule has 1 aromatic carbocycles. The molecule has 0 radical (unpaired) electrons. The molecule has 0 aliphatic heterocycles. The van der Waals surface area contributed by atoms with Crippen molar-refractivity contribution < 1.29 is 5.11 Å². The number of nitrogens with zero attached hydrogens (tertiary/aromatic N) is 3. The van der Waals surface area contributed by atoms with E-state index in [1.54, 1.807) is 23.2 Å². The Hall–Kier alpha value is -2.24. The Morgan fingerprint density at radius 2 is 1.90 bits per heavy atom. The van der Waals surface area contributed by atoms with E-state index < -0.39 is 6.10 Å². The number of rotatable bonds is 3. The summed E-state index contributed by atoms with van der Waals surface area (Å²) in [4.78, 5) is 22.5. The van der Waals surface area contributed by atoms with Crippen molar-refractivity contribution in [3.8, 4) is 0 Å². The van der Waals surface area contributed by atoms with Gasteiger partial charge in [-0.15, -0.1) is 0 Å². The van der Waals surface area contributed by atoms with E-state index in [0.29, 0.717) is 10.5 Å². The van der Waals surface area contributed by atoms with Crippen molar-refractivity contribution in [2.24, 2.45) is 0 Å². The zero-order valence-electron chi connectivity index (χ0n) is 17.0. The minimum Gasteiger partial charge on any atom is -0.391 e. The van der Waals surface area contributed by atoms with E-state index in [0.717, 1.165) is 68.9 Å². The lowest BCUT2D eigenvalue weighted by atomic mass is 9.95. The van der Waals surface area contributed by atoms with Gasteiger partial charge in [0.1, 0.15) is 5.15 Å². The van der Waals surface area contributed by atoms with Crippen LogP contribution >= 0.6 is 11.6 Å². The van der Waals surface area contributed by atoms with Crippen molar-refractivity contribution in [1.29, 1.82) is 0 Å². The Balaban J connectivity index is 1.62. The third-order valence-corrected chi connectivity index (χ3v) is 6.95. The molecule has 0 saturated heterocycles. The van der Waals surface area contributed by atoms with Gasteiger partial charge in [-0.25, -0.2) is 9.97 Å². The second-order valence-corrected chi connectivity index (χ2v) is 9.03. The summed E-state index contributed by atoms with van der Waals surface area (Å²) < 4.78 is 1.69. The van der Waals surface area contributed by atoms with Crippen molar-refractivity contribution in [3.05, 3.63) is 68.5 Å². The third-order valence-electron chi connectivity index (χ3n) is 6.73. The second kappa shape index (κ2) is 8.12. The summed E-state index contributed by atoms with van der Waals surface area (Å²) in [5.41, 5.74) is 5.61. The first-order chi connectivity index (χ1) is 14.6. The molecule has 1 saturated carbocycles. The van der Waals surface area contributed by atoms with E-state index in [1.807, 2.05) is 12.1 Å². The topological polar surface area (TPSA) is 68.0 Å². The molecule has 3 aromatic rings. The Morgan fingerprint density at radius 1 is 1.07 bits per heavy atom. The SMILES string of the molecule is O=c1c2cc(Cc3ccc(Cl)nc3)c3c(c2ncn1[C@H]1CCCCC[C@@H]1O)CCC3. The fourth-order valence-electron chi connectivity index (χ4n) is 5.19. The van der Waals surface area contributed by atoms with Crippen LogP contribution in [0.25, 0.3) is 10.9 Å². The number of halogens is 1. The van der Waals surface area contributed by atoms with Gasteiger partial charge in [0.2, 0.25) is 0 Å². The van der Waals surface area contributed by atoms with Crippen LogP contribution in [-0.2, 0) is 19.3 Å². The van der Waals surface area contributed by atoms with E-state index in [4.69, 9.17) is 16.6 Å². The fourth-order valence-corrected chi connectivity index (χ4v) is 5.30. The fraction of sp³-hybridized carbons (Fsp3) is 0.458. The summed E-state index contributed by atoms with van der Waals surface area (Å²) in [6, 6.07) is 5.64. The van der Waals surface area contributed by atoms with Crippen molar-refractivity contribution in [1.82, 2.24) is 14.5 Å². The Morgan fingerprint density at radius 3 is 2.73 bits per heavy atom. The molecule has 2 aromatic heterocycles. The number of aliphatic hydroxyl groups is 1. The summed E-state index contributed by atoms with van der Waals surface area (Å²) in [7, 11) is 0. The average Bonchev–Trinajstić information content (AvgIpc) is 3.15. The summed E-state index contributed by atoms with van der Waals surface area (Å²) in [6.07, 6.45) is 11.5. The molecule has 6 heteroatoms. The van der Waals surface area contributed by atoms with Gasteiger partial charge in [0, 0.05) is 6.20 Å². The standard InChI is InChI=1S/C24H26ClN3O2/c25-22-10-9-15(13-26-22)11-16-12-19-23(18-6-4-5-17(16)18)27-14-28(24(19)30)20-7-2-1-3-8-21(20)29/h9-10,12-14,20-21,29H,1-8,11H2/t20-,21-/m0/s1. The predicted octanol–water partition coefficient (Wildman–Crippen LogP) is 4.39. The van der Waals surface area contributed by atoms with Crippen molar-refractivity contribution in [3.63, 3.8) is 0 Å². The Kier molecular flexibility index (Phi) is 5.34. The van der Waals surface area contributed by atoms with E-state index >= 15 is 0 Å². The highest BCUT2D eigenvalue weighted by molar-refractivity contribution is 6.29. The highest BCUT2D eigenvalue weighted by Gasteiger charge is 2.26. The van der Waals surface area contributed by atoms with Gasteiger partial charge < -0.3 is 5.11 Å². The van der Waals surface area contributed by atoms with Crippen LogP contribution in [0.1, 0.15) is 66.8 Å². The highest BCUT2D eigenvalue weighted by Crippen LogP contribution is 2.33. The molecule has 2 aliphatic carbocycles. The molecular formula is C24H26ClN3O2. The van der Waals surface area contributed by atoms with Crippen LogP contribution in [0.3, 0.4) is 0 Å². The van der Waals surface area contributed by atoms with Gasteiger partial charge >= 0.3 is 0 Å². The smallest absolute Gasteiger partial charge is 0.261 e. The lowest BCUT2D eigenvalue weighted by Crippen LogP contribution is -2.32. The molecule has 2 heterocycles. The molecule has 0 unspecified atom stereocenters. The number of aromatic nitrogens is 3. The average molecular weight is 424 g/mol. The monoisotopic (exact) mass is 423 g/mol. The van der Waals surface area contributed by atoms with Gasteiger partial charge in [0.25, 0.3) is 5.56 Å². The molecule has 2 aliphatic rings. The summed E-state index contributed by atoms with van der Waals surface area (Å²) >= 11 is 5.94. The molecular weight excluding hydrogens is 398 g/mol. The number of benzene rings is 1. The number of hydrogen-bond acceptors (Lipinski definition) is 4. The van der Waals surface area contributed by atoms with Gasteiger partial charge in [0.05, 0.1) is 29.4 Å². The second-order valence-electron chi connectivity index (χ2n) is 8.64. The lowest BCUT2D eigenvalue weighted by molar-refractivity contribution is 0.103. The van der Waals surface area contributed by atoms with Gasteiger partial charge in [0.15, 0.2) is 0 Å². The zero-order valence-corrected chi connectivity index (χ0v) is 17.7. The molecule has 0 bridgehead atoms. The van der Waals surface area contributed by atoms with E-state index in [1.165, 1.54) is 16.7 Å². The van der Waals surface area contributed by atoms with Crippen molar-refractivity contribution in [2.75, 3.05) is 0 Å². The van der Waals surface area contributed by atoms with Crippen molar-refractivity contribution in [2.45, 2.75) is 69.9 Å². The van der Waals surface area contributed by atoms with Gasteiger partial charge in [-0.2, -0.15) is 0 Å². The molecule has 156 valence electrons. The maximum Gasteiger partial charge on any atom is 0.261 e. The van der Waals surface area contributed by atoms with Crippen LogP contribution in [0, 0.1) is 0 Å². The third kappa shape index (κ3) is 3.54. The minimum atomic E-state index is -0.488. The number of hydrogen-bond donors (Lipinski definition) is 1.